The quantitative estimate of drug-likeness (QED) is 0.230. The molecule has 2 atom stereocenters. The number of allylic oxidation sites excluding steroid dienone is 2. The van der Waals surface area contributed by atoms with Crippen LogP contribution in [0.2, 0.25) is 0 Å². The predicted molar refractivity (Wildman–Crippen MR) is 105 cm³/mol. The highest BCUT2D eigenvalue weighted by Gasteiger charge is 2.18. The Morgan fingerprint density at radius 1 is 0.923 bits per heavy atom. The van der Waals surface area contributed by atoms with Gasteiger partial charge in [-0.1, -0.05) is 70.4 Å². The van der Waals surface area contributed by atoms with Gasteiger partial charge in [-0.05, 0) is 32.1 Å². The van der Waals surface area contributed by atoms with Crippen LogP contribution in [0.1, 0.15) is 90.4 Å². The van der Waals surface area contributed by atoms with Crippen LogP contribution in [0.4, 0.5) is 0 Å². The van der Waals surface area contributed by atoms with Crippen molar-refractivity contribution in [3.05, 3.63) is 12.2 Å². The summed E-state index contributed by atoms with van der Waals surface area (Å²) in [6.07, 6.45) is 17.4. The number of aliphatic hydroxyl groups is 2. The third-order valence-corrected chi connectivity index (χ3v) is 4.45. The molecule has 2 unspecified atom stereocenters. The zero-order valence-electron chi connectivity index (χ0n) is 16.6. The summed E-state index contributed by atoms with van der Waals surface area (Å²) in [6.45, 7) is 1.68. The Balaban J connectivity index is 3.49. The number of aliphatic hydroxyl groups excluding tert-OH is 2. The van der Waals surface area contributed by atoms with E-state index in [1.165, 1.54) is 44.9 Å². The van der Waals surface area contributed by atoms with E-state index in [-0.39, 0.29) is 6.61 Å². The van der Waals surface area contributed by atoms with E-state index in [0.29, 0.717) is 6.42 Å². The first-order valence-electron chi connectivity index (χ1n) is 10.4. The summed E-state index contributed by atoms with van der Waals surface area (Å²) in [5.74, 6) is -1.01. The smallest absolute Gasteiger partial charge is 0.332 e. The third-order valence-electron chi connectivity index (χ3n) is 4.45. The van der Waals surface area contributed by atoms with Crippen molar-refractivity contribution in [2.45, 2.75) is 103 Å². The van der Waals surface area contributed by atoms with Crippen molar-refractivity contribution in [3.63, 3.8) is 0 Å². The van der Waals surface area contributed by atoms with E-state index in [4.69, 9.17) is 14.9 Å². The Kier molecular flexibility index (Phi) is 18.2. The van der Waals surface area contributed by atoms with Gasteiger partial charge >= 0.3 is 5.97 Å². The molecule has 0 saturated carbocycles. The van der Waals surface area contributed by atoms with Gasteiger partial charge in [-0.25, -0.2) is 4.79 Å². The van der Waals surface area contributed by atoms with Gasteiger partial charge in [0.05, 0.1) is 13.2 Å². The van der Waals surface area contributed by atoms with Gasteiger partial charge < -0.3 is 20.1 Å². The fourth-order valence-electron chi connectivity index (χ4n) is 2.78. The van der Waals surface area contributed by atoms with Crippen LogP contribution < -0.4 is 0 Å². The molecule has 0 rings (SSSR count). The predicted octanol–water partition coefficient (Wildman–Crippen LogP) is 4.46. The zero-order valence-corrected chi connectivity index (χ0v) is 16.6. The molecule has 154 valence electrons. The summed E-state index contributed by atoms with van der Waals surface area (Å²) >= 11 is 0. The zero-order chi connectivity index (χ0) is 19.5. The fraction of sp³-hybridized carbons (Fsp3) is 0.857. The van der Waals surface area contributed by atoms with Crippen LogP contribution >= 0.6 is 0 Å². The number of rotatable bonds is 19. The minimum Gasteiger partial charge on any atom is -0.479 e. The Morgan fingerprint density at radius 2 is 1.46 bits per heavy atom. The Morgan fingerprint density at radius 3 is 2.00 bits per heavy atom. The number of aliphatic carboxylic acids is 1. The molecule has 0 aliphatic heterocycles. The van der Waals surface area contributed by atoms with Crippen LogP contribution in [0.15, 0.2) is 12.2 Å². The van der Waals surface area contributed by atoms with E-state index in [1.54, 1.807) is 0 Å². The van der Waals surface area contributed by atoms with E-state index < -0.39 is 24.8 Å². The third kappa shape index (κ3) is 16.6. The number of unbranched alkanes of at least 4 members (excludes halogenated alkanes) is 10. The van der Waals surface area contributed by atoms with Gasteiger partial charge in [0, 0.05) is 0 Å². The van der Waals surface area contributed by atoms with Crippen LogP contribution in [0, 0.1) is 0 Å². The number of carboxylic acid groups (broad SMARTS) is 1. The lowest BCUT2D eigenvalue weighted by Gasteiger charge is -2.15. The minimum absolute atomic E-state index is 0.142. The summed E-state index contributed by atoms with van der Waals surface area (Å²) in [6, 6.07) is 0. The highest BCUT2D eigenvalue weighted by molar-refractivity contribution is 5.72. The average molecular weight is 373 g/mol. The summed E-state index contributed by atoms with van der Waals surface area (Å²) in [5, 5.41) is 27.0. The van der Waals surface area contributed by atoms with E-state index in [1.807, 2.05) is 0 Å². The molecule has 26 heavy (non-hydrogen) atoms. The van der Waals surface area contributed by atoms with E-state index in [0.717, 1.165) is 32.1 Å². The molecule has 0 amide bonds. The summed E-state index contributed by atoms with van der Waals surface area (Å²) < 4.78 is 5.15. The van der Waals surface area contributed by atoms with Gasteiger partial charge in [-0.2, -0.15) is 0 Å². The Labute approximate surface area is 159 Å². The van der Waals surface area contributed by atoms with Crippen LogP contribution in [-0.4, -0.2) is 46.7 Å². The molecule has 0 aromatic heterocycles. The maximum atomic E-state index is 11.1. The second kappa shape index (κ2) is 18.9. The molecule has 0 aliphatic rings. The van der Waals surface area contributed by atoms with E-state index in [9.17, 15) is 9.90 Å². The van der Waals surface area contributed by atoms with Crippen molar-refractivity contribution in [2.24, 2.45) is 0 Å². The average Bonchev–Trinajstić information content (AvgIpc) is 2.63. The first-order chi connectivity index (χ1) is 12.6. The SMILES string of the molecule is CCCCCCCC/C=C\CCCCCCC(OCC(O)CO)C(=O)O. The van der Waals surface area contributed by atoms with Crippen LogP contribution in [0.5, 0.6) is 0 Å². The van der Waals surface area contributed by atoms with Gasteiger partial charge in [0.15, 0.2) is 6.10 Å². The Hall–Kier alpha value is -0.910. The molecular weight excluding hydrogens is 332 g/mol. The molecule has 5 heteroatoms. The molecule has 0 aromatic rings. The summed E-state index contributed by atoms with van der Waals surface area (Å²) in [5.41, 5.74) is 0. The maximum Gasteiger partial charge on any atom is 0.332 e. The molecule has 0 bridgehead atoms. The minimum atomic E-state index is -1.01. The largest absolute Gasteiger partial charge is 0.479 e. The van der Waals surface area contributed by atoms with Crippen molar-refractivity contribution in [3.8, 4) is 0 Å². The number of hydrogen-bond donors (Lipinski definition) is 3. The molecule has 0 spiro atoms. The van der Waals surface area contributed by atoms with Crippen LogP contribution in [-0.2, 0) is 9.53 Å². The molecule has 0 radical (unpaired) electrons. The van der Waals surface area contributed by atoms with Crippen molar-refractivity contribution in [1.82, 2.24) is 0 Å². The first kappa shape index (κ1) is 25.1. The number of hydrogen-bond acceptors (Lipinski definition) is 4. The topological polar surface area (TPSA) is 87.0 Å². The molecular formula is C21H40O5. The monoisotopic (exact) mass is 372 g/mol. The Bertz CT molecular complexity index is 343. The summed E-state index contributed by atoms with van der Waals surface area (Å²) in [4.78, 5) is 11.1. The molecule has 5 nitrogen and oxygen atoms in total. The highest BCUT2D eigenvalue weighted by Crippen LogP contribution is 2.11. The van der Waals surface area contributed by atoms with Gasteiger partial charge in [0.25, 0.3) is 0 Å². The first-order valence-corrected chi connectivity index (χ1v) is 10.4. The highest BCUT2D eigenvalue weighted by atomic mass is 16.5. The lowest BCUT2D eigenvalue weighted by Crippen LogP contribution is -2.29. The van der Waals surface area contributed by atoms with Crippen molar-refractivity contribution in [1.29, 1.82) is 0 Å². The van der Waals surface area contributed by atoms with Gasteiger partial charge in [0.1, 0.15) is 6.10 Å². The normalized spacial score (nSPS) is 14.0. The van der Waals surface area contributed by atoms with Crippen molar-refractivity contribution < 1.29 is 24.9 Å². The van der Waals surface area contributed by atoms with Crippen molar-refractivity contribution >= 4 is 5.97 Å². The lowest BCUT2D eigenvalue weighted by molar-refractivity contribution is -0.153. The van der Waals surface area contributed by atoms with E-state index >= 15 is 0 Å². The van der Waals surface area contributed by atoms with Crippen LogP contribution in [0.25, 0.3) is 0 Å². The van der Waals surface area contributed by atoms with Crippen LogP contribution in [0.3, 0.4) is 0 Å². The molecule has 0 fully saturated rings. The number of ether oxygens (including phenoxy) is 1. The summed E-state index contributed by atoms with van der Waals surface area (Å²) in [7, 11) is 0. The second-order valence-corrected chi connectivity index (χ2v) is 7.02. The van der Waals surface area contributed by atoms with Crippen molar-refractivity contribution in [2.75, 3.05) is 13.2 Å². The molecule has 0 saturated heterocycles. The molecule has 0 aliphatic carbocycles. The maximum absolute atomic E-state index is 11.1. The fourth-order valence-corrected chi connectivity index (χ4v) is 2.78. The standard InChI is InChI=1S/C21H40O5/c1-2-3-4-5-6-7-8-9-10-11-12-13-14-15-16-20(21(24)25)26-18-19(23)17-22/h9-10,19-20,22-23H,2-8,11-18H2,1H3,(H,24,25)/b10-9-. The molecule has 0 aromatic carbocycles. The molecule has 3 N–H and O–H groups in total. The van der Waals surface area contributed by atoms with Gasteiger partial charge in [0.2, 0.25) is 0 Å². The second-order valence-electron chi connectivity index (χ2n) is 7.02. The van der Waals surface area contributed by atoms with Gasteiger partial charge in [-0.15, -0.1) is 0 Å². The molecule has 0 heterocycles. The van der Waals surface area contributed by atoms with E-state index in [2.05, 4.69) is 19.1 Å². The lowest BCUT2D eigenvalue weighted by atomic mass is 10.1. The number of carbonyl (C=O) groups is 1. The van der Waals surface area contributed by atoms with Gasteiger partial charge in [-0.3, -0.25) is 0 Å². The number of carboxylic acids is 1.